The van der Waals surface area contributed by atoms with Crippen LogP contribution in [-0.2, 0) is 9.59 Å². The molecular formula is C9H12Br2ClNO2. The second-order valence-corrected chi connectivity index (χ2v) is 8.11. The molecule has 1 saturated carbocycles. The molecule has 1 unspecified atom stereocenters. The van der Waals surface area contributed by atoms with Crippen molar-refractivity contribution in [2.45, 2.75) is 34.3 Å². The number of nitrogens with zero attached hydrogens (tertiary/aromatic N) is 1. The summed E-state index contributed by atoms with van der Waals surface area (Å²) in [5.41, 5.74) is 0. The van der Waals surface area contributed by atoms with E-state index in [1.165, 1.54) is 7.05 Å². The maximum atomic E-state index is 11.9. The average molecular weight is 361 g/mol. The van der Waals surface area contributed by atoms with Crippen LogP contribution >= 0.6 is 43.5 Å². The molecule has 1 rings (SSSR count). The van der Waals surface area contributed by atoms with Gasteiger partial charge in [-0.2, -0.15) is 0 Å². The van der Waals surface area contributed by atoms with Gasteiger partial charge < -0.3 is 0 Å². The van der Waals surface area contributed by atoms with Crippen LogP contribution < -0.4 is 0 Å². The van der Waals surface area contributed by atoms with Gasteiger partial charge in [0.2, 0.25) is 5.91 Å². The minimum absolute atomic E-state index is 0.190. The van der Waals surface area contributed by atoms with Crippen LogP contribution in [0.15, 0.2) is 0 Å². The molecule has 0 aromatic heterocycles. The van der Waals surface area contributed by atoms with Gasteiger partial charge in [0.1, 0.15) is 3.23 Å². The van der Waals surface area contributed by atoms with Gasteiger partial charge >= 0.3 is 0 Å². The summed E-state index contributed by atoms with van der Waals surface area (Å²) in [6.07, 6.45) is 1.57. The van der Waals surface area contributed by atoms with Gasteiger partial charge in [0.05, 0.1) is 0 Å². The zero-order valence-corrected chi connectivity index (χ0v) is 12.4. The fraction of sp³-hybridized carbons (Fsp3) is 0.778. The van der Waals surface area contributed by atoms with Crippen molar-refractivity contribution in [2.75, 3.05) is 7.05 Å². The highest BCUT2D eigenvalue weighted by Crippen LogP contribution is 2.64. The number of hydrogen-bond acceptors (Lipinski definition) is 2. The molecule has 0 radical (unpaired) electrons. The summed E-state index contributed by atoms with van der Waals surface area (Å²) in [5.74, 6) is -0.540. The zero-order chi connectivity index (χ0) is 11.9. The molecular weight excluding hydrogens is 349 g/mol. The summed E-state index contributed by atoms with van der Waals surface area (Å²) in [4.78, 5) is 23.4. The third kappa shape index (κ3) is 2.39. The maximum absolute atomic E-state index is 11.9. The van der Waals surface area contributed by atoms with Crippen molar-refractivity contribution in [3.05, 3.63) is 0 Å². The van der Waals surface area contributed by atoms with Crippen LogP contribution in [0.5, 0.6) is 0 Å². The van der Waals surface area contributed by atoms with E-state index >= 15 is 0 Å². The number of rotatable bonds is 3. The topological polar surface area (TPSA) is 37.4 Å². The molecule has 15 heavy (non-hydrogen) atoms. The molecule has 0 heterocycles. The lowest BCUT2D eigenvalue weighted by Crippen LogP contribution is -2.41. The van der Waals surface area contributed by atoms with Crippen molar-refractivity contribution in [1.82, 2.24) is 4.90 Å². The Labute approximate surface area is 111 Å². The van der Waals surface area contributed by atoms with Gasteiger partial charge in [-0.15, -0.1) is 11.6 Å². The lowest BCUT2D eigenvalue weighted by Gasteiger charge is -2.19. The van der Waals surface area contributed by atoms with Gasteiger partial charge in [0.25, 0.3) is 5.91 Å². The van der Waals surface area contributed by atoms with Crippen molar-refractivity contribution < 1.29 is 9.59 Å². The molecule has 2 amide bonds. The highest BCUT2D eigenvalue weighted by atomic mass is 79.9. The minimum atomic E-state index is -1.02. The normalized spacial score (nSPS) is 27.3. The van der Waals surface area contributed by atoms with Crippen molar-refractivity contribution in [1.29, 1.82) is 0 Å². The maximum Gasteiger partial charge on any atom is 0.252 e. The molecule has 86 valence electrons. The number of hydrogen-bond donors (Lipinski definition) is 0. The molecule has 1 aliphatic carbocycles. The molecule has 6 heteroatoms. The van der Waals surface area contributed by atoms with E-state index in [4.69, 9.17) is 11.6 Å². The third-order valence-corrected chi connectivity index (χ3v) is 5.39. The van der Waals surface area contributed by atoms with E-state index in [0.717, 1.165) is 11.3 Å². The third-order valence-electron chi connectivity index (χ3n) is 2.40. The summed E-state index contributed by atoms with van der Waals surface area (Å²) in [5, 5.41) is 0. The first-order chi connectivity index (χ1) is 6.76. The van der Waals surface area contributed by atoms with Gasteiger partial charge in [-0.1, -0.05) is 38.8 Å². The second kappa shape index (κ2) is 4.34. The van der Waals surface area contributed by atoms with E-state index in [1.807, 2.05) is 6.92 Å². The number of alkyl halides is 3. The monoisotopic (exact) mass is 359 g/mol. The number of carbonyl (C=O) groups excluding carboxylic acids is 2. The van der Waals surface area contributed by atoms with Gasteiger partial charge in [-0.25, -0.2) is 0 Å². The smallest absolute Gasteiger partial charge is 0.252 e. The zero-order valence-electron chi connectivity index (χ0n) is 8.52. The standard InChI is InChI=1S/C9H12Br2ClNO2/c1-3-4-6(14)13(2)7(15)8(12)5-9(8,10)11/h3-5H2,1-2H3. The van der Waals surface area contributed by atoms with Crippen LogP contribution in [0.25, 0.3) is 0 Å². The molecule has 0 bridgehead atoms. The Morgan fingerprint density at radius 1 is 1.47 bits per heavy atom. The Balaban J connectivity index is 2.67. The summed E-state index contributed by atoms with van der Waals surface area (Å²) in [6.45, 7) is 1.89. The summed E-state index contributed by atoms with van der Waals surface area (Å²) >= 11 is 12.7. The van der Waals surface area contributed by atoms with E-state index in [0.29, 0.717) is 12.8 Å². The van der Waals surface area contributed by atoms with Crippen LogP contribution in [0.1, 0.15) is 26.2 Å². The van der Waals surface area contributed by atoms with Gasteiger partial charge in [-0.3, -0.25) is 14.5 Å². The highest BCUT2D eigenvalue weighted by Gasteiger charge is 2.70. The molecule has 0 spiro atoms. The second-order valence-electron chi connectivity index (χ2n) is 3.69. The fourth-order valence-electron chi connectivity index (χ4n) is 1.25. The molecule has 1 fully saturated rings. The fourth-order valence-corrected chi connectivity index (χ4v) is 3.08. The lowest BCUT2D eigenvalue weighted by atomic mass is 10.3. The van der Waals surface area contributed by atoms with E-state index in [1.54, 1.807) is 0 Å². The van der Waals surface area contributed by atoms with E-state index in [-0.39, 0.29) is 11.8 Å². The molecule has 0 N–H and O–H groups in total. The van der Waals surface area contributed by atoms with Gasteiger partial charge in [0.15, 0.2) is 4.87 Å². The first-order valence-corrected chi connectivity index (χ1v) is 6.60. The Morgan fingerprint density at radius 3 is 2.27 bits per heavy atom. The molecule has 1 aliphatic rings. The summed E-state index contributed by atoms with van der Waals surface area (Å²) in [7, 11) is 1.47. The van der Waals surface area contributed by atoms with Crippen molar-refractivity contribution in [2.24, 2.45) is 0 Å². The highest BCUT2D eigenvalue weighted by molar-refractivity contribution is 9.25. The van der Waals surface area contributed by atoms with Crippen LogP contribution in [0, 0.1) is 0 Å². The number of carbonyl (C=O) groups is 2. The van der Waals surface area contributed by atoms with Crippen LogP contribution in [-0.4, -0.2) is 31.9 Å². The Hall–Kier alpha value is 0.390. The van der Waals surface area contributed by atoms with Crippen molar-refractivity contribution >= 4 is 55.3 Å². The molecule has 0 saturated heterocycles. The SMILES string of the molecule is CCCC(=O)N(C)C(=O)C1(Cl)CC1(Br)Br. The van der Waals surface area contributed by atoms with Crippen molar-refractivity contribution in [3.63, 3.8) is 0 Å². The Bertz CT molecular complexity index is 308. The average Bonchev–Trinajstić information content (AvgIpc) is 2.65. The van der Waals surface area contributed by atoms with Gasteiger partial charge in [-0.05, 0) is 6.42 Å². The first-order valence-electron chi connectivity index (χ1n) is 4.64. The van der Waals surface area contributed by atoms with Crippen LogP contribution in [0.3, 0.4) is 0 Å². The summed E-state index contributed by atoms with van der Waals surface area (Å²) < 4.78 is -0.563. The first kappa shape index (κ1) is 13.5. The van der Waals surface area contributed by atoms with Gasteiger partial charge in [0, 0.05) is 19.9 Å². The predicted molar refractivity (Wildman–Crippen MR) is 66.5 cm³/mol. The van der Waals surface area contributed by atoms with Crippen LogP contribution in [0.4, 0.5) is 0 Å². The number of imide groups is 1. The molecule has 0 aromatic rings. The summed E-state index contributed by atoms with van der Waals surface area (Å²) in [6, 6.07) is 0. The van der Waals surface area contributed by atoms with E-state index in [9.17, 15) is 9.59 Å². The quantitative estimate of drug-likeness (QED) is 0.725. The largest absolute Gasteiger partial charge is 0.284 e. The molecule has 0 aliphatic heterocycles. The number of amides is 2. The van der Waals surface area contributed by atoms with E-state index < -0.39 is 8.11 Å². The van der Waals surface area contributed by atoms with Crippen molar-refractivity contribution in [3.8, 4) is 0 Å². The predicted octanol–water partition coefficient (Wildman–Crippen LogP) is 2.64. The Kier molecular flexibility index (Phi) is 3.89. The number of halogens is 3. The molecule has 3 nitrogen and oxygen atoms in total. The van der Waals surface area contributed by atoms with E-state index in [2.05, 4.69) is 31.9 Å². The molecule has 0 aromatic carbocycles. The molecule has 1 atom stereocenters. The minimum Gasteiger partial charge on any atom is -0.284 e. The Morgan fingerprint density at radius 2 is 1.93 bits per heavy atom. The van der Waals surface area contributed by atoms with Crippen LogP contribution in [0.2, 0.25) is 0 Å². The lowest BCUT2D eigenvalue weighted by molar-refractivity contribution is -0.143.